The Morgan fingerprint density at radius 1 is 1.31 bits per heavy atom. The van der Waals surface area contributed by atoms with Gasteiger partial charge in [-0.25, -0.2) is 9.37 Å². The van der Waals surface area contributed by atoms with Gasteiger partial charge in [0.15, 0.2) is 11.6 Å². The predicted octanol–water partition coefficient (Wildman–Crippen LogP) is 3.83. The van der Waals surface area contributed by atoms with Crippen LogP contribution in [-0.2, 0) is 0 Å². The van der Waals surface area contributed by atoms with Crippen LogP contribution in [0.15, 0.2) is 16.7 Å². The molecule has 1 saturated carbocycles. The van der Waals surface area contributed by atoms with Crippen molar-refractivity contribution in [2.45, 2.75) is 33.7 Å². The molecule has 0 unspecified atom stereocenters. The normalized spacial score (nSPS) is 21.9. The Balaban J connectivity index is 2.18. The highest BCUT2D eigenvalue weighted by Crippen LogP contribution is 2.63. The maximum atomic E-state index is 13.6. The van der Waals surface area contributed by atoms with Gasteiger partial charge < -0.3 is 5.32 Å². The molecule has 1 aromatic heterocycles. The van der Waals surface area contributed by atoms with Crippen LogP contribution in [0.1, 0.15) is 27.7 Å². The summed E-state index contributed by atoms with van der Waals surface area (Å²) in [4.78, 5) is 4.06. The number of nitrogens with zero attached hydrogens (tertiary/aromatic N) is 1. The van der Waals surface area contributed by atoms with E-state index in [1.807, 2.05) is 0 Å². The third-order valence-electron chi connectivity index (χ3n) is 4.11. The highest BCUT2D eigenvalue weighted by atomic mass is 79.9. The number of hydrogen-bond acceptors (Lipinski definition) is 2. The Morgan fingerprint density at radius 2 is 1.88 bits per heavy atom. The fourth-order valence-corrected chi connectivity index (χ4v) is 2.52. The number of hydrogen-bond donors (Lipinski definition) is 1. The number of anilines is 1. The van der Waals surface area contributed by atoms with Crippen molar-refractivity contribution in [2.24, 2.45) is 10.8 Å². The van der Waals surface area contributed by atoms with Gasteiger partial charge in [-0.3, -0.25) is 0 Å². The van der Waals surface area contributed by atoms with Crippen LogP contribution >= 0.6 is 15.9 Å². The van der Waals surface area contributed by atoms with Gasteiger partial charge in [0.25, 0.3) is 0 Å². The van der Waals surface area contributed by atoms with E-state index >= 15 is 0 Å². The highest BCUT2D eigenvalue weighted by Gasteiger charge is 2.65. The molecule has 0 atom stereocenters. The molecule has 1 heterocycles. The van der Waals surface area contributed by atoms with Crippen molar-refractivity contribution >= 4 is 21.7 Å². The fourth-order valence-electron chi connectivity index (χ4n) is 2.21. The number of halogens is 2. The summed E-state index contributed by atoms with van der Waals surface area (Å²) < 4.78 is 14.2. The molecule has 1 N–H and O–H groups in total. The van der Waals surface area contributed by atoms with E-state index in [1.54, 1.807) is 6.20 Å². The SMILES string of the molecule is CC1(C)C(Nc2ncc(Br)cc2F)C1(C)C. The van der Waals surface area contributed by atoms with E-state index in [4.69, 9.17) is 0 Å². The van der Waals surface area contributed by atoms with E-state index in [9.17, 15) is 4.39 Å². The minimum Gasteiger partial charge on any atom is -0.364 e. The molecule has 0 radical (unpaired) electrons. The van der Waals surface area contributed by atoms with Gasteiger partial charge in [-0.05, 0) is 32.8 Å². The first-order valence-corrected chi connectivity index (χ1v) is 6.13. The molecule has 88 valence electrons. The third-order valence-corrected chi connectivity index (χ3v) is 4.54. The molecule has 1 aromatic rings. The zero-order chi connectivity index (χ0) is 12.1. The second-order valence-corrected chi connectivity index (χ2v) is 6.42. The lowest BCUT2D eigenvalue weighted by atomic mass is 10.0. The average molecular weight is 287 g/mol. The summed E-state index contributed by atoms with van der Waals surface area (Å²) in [7, 11) is 0. The van der Waals surface area contributed by atoms with E-state index in [1.165, 1.54) is 6.07 Å². The van der Waals surface area contributed by atoms with Crippen molar-refractivity contribution < 1.29 is 4.39 Å². The summed E-state index contributed by atoms with van der Waals surface area (Å²) >= 11 is 3.19. The molecule has 0 bridgehead atoms. The zero-order valence-electron chi connectivity index (χ0n) is 9.94. The minimum absolute atomic E-state index is 0.175. The second kappa shape index (κ2) is 3.42. The van der Waals surface area contributed by atoms with Crippen LogP contribution < -0.4 is 5.32 Å². The van der Waals surface area contributed by atoms with E-state index < -0.39 is 0 Å². The van der Waals surface area contributed by atoms with Crippen LogP contribution in [0.3, 0.4) is 0 Å². The largest absolute Gasteiger partial charge is 0.364 e. The molecule has 0 spiro atoms. The molecular formula is C12H16BrFN2. The maximum absolute atomic E-state index is 13.6. The van der Waals surface area contributed by atoms with Crippen LogP contribution in [0, 0.1) is 16.6 Å². The van der Waals surface area contributed by atoms with Crippen molar-refractivity contribution in [3.05, 3.63) is 22.6 Å². The van der Waals surface area contributed by atoms with Gasteiger partial charge in [0.2, 0.25) is 0 Å². The molecule has 0 amide bonds. The van der Waals surface area contributed by atoms with Gasteiger partial charge in [-0.1, -0.05) is 27.7 Å². The number of pyridine rings is 1. The van der Waals surface area contributed by atoms with Crippen molar-refractivity contribution in [2.75, 3.05) is 5.32 Å². The Bertz CT molecular complexity index is 415. The molecule has 1 aliphatic rings. The first-order chi connectivity index (χ1) is 7.26. The van der Waals surface area contributed by atoms with Gasteiger partial charge in [-0.2, -0.15) is 0 Å². The van der Waals surface area contributed by atoms with Crippen molar-refractivity contribution in [3.8, 4) is 0 Å². The van der Waals surface area contributed by atoms with E-state index in [2.05, 4.69) is 53.9 Å². The highest BCUT2D eigenvalue weighted by molar-refractivity contribution is 9.10. The van der Waals surface area contributed by atoms with E-state index in [-0.39, 0.29) is 22.7 Å². The Hall–Kier alpha value is -0.640. The average Bonchev–Trinajstić information content (AvgIpc) is 2.52. The standard InChI is InChI=1S/C12H16BrFN2/c1-11(2)10(12(11,3)4)16-9-8(14)5-7(13)6-15-9/h5-6,10H,1-4H3,(H,15,16). The molecule has 1 aliphatic carbocycles. The number of rotatable bonds is 2. The minimum atomic E-state index is -0.312. The lowest BCUT2D eigenvalue weighted by Gasteiger charge is -2.08. The van der Waals surface area contributed by atoms with Crippen molar-refractivity contribution in [1.82, 2.24) is 4.98 Å². The summed E-state index contributed by atoms with van der Waals surface area (Å²) in [5.41, 5.74) is 0.350. The Kier molecular flexibility index (Phi) is 2.53. The quantitative estimate of drug-likeness (QED) is 0.894. The van der Waals surface area contributed by atoms with Gasteiger partial charge >= 0.3 is 0 Å². The lowest BCUT2D eigenvalue weighted by molar-refractivity contribution is 0.457. The van der Waals surface area contributed by atoms with Crippen LogP contribution in [0.25, 0.3) is 0 Å². The Labute approximate surface area is 104 Å². The molecule has 1 fully saturated rings. The summed E-state index contributed by atoms with van der Waals surface area (Å²) in [5, 5.41) is 3.18. The van der Waals surface area contributed by atoms with E-state index in [0.29, 0.717) is 10.3 Å². The first-order valence-electron chi connectivity index (χ1n) is 5.34. The van der Waals surface area contributed by atoms with Gasteiger partial charge in [-0.15, -0.1) is 0 Å². The molecule has 0 saturated heterocycles. The monoisotopic (exact) mass is 286 g/mol. The predicted molar refractivity (Wildman–Crippen MR) is 66.9 cm³/mol. The van der Waals surface area contributed by atoms with Gasteiger partial charge in [0.05, 0.1) is 0 Å². The second-order valence-electron chi connectivity index (χ2n) is 5.50. The smallest absolute Gasteiger partial charge is 0.166 e. The van der Waals surface area contributed by atoms with E-state index in [0.717, 1.165) is 0 Å². The van der Waals surface area contributed by atoms with Crippen molar-refractivity contribution in [3.63, 3.8) is 0 Å². The summed E-state index contributed by atoms with van der Waals surface area (Å²) in [6.07, 6.45) is 1.60. The number of nitrogens with one attached hydrogen (secondary N) is 1. The molecule has 0 aromatic carbocycles. The molecule has 4 heteroatoms. The molecular weight excluding hydrogens is 271 g/mol. The first kappa shape index (κ1) is 11.8. The maximum Gasteiger partial charge on any atom is 0.166 e. The lowest BCUT2D eigenvalue weighted by Crippen LogP contribution is -2.12. The third kappa shape index (κ3) is 1.63. The summed E-state index contributed by atoms with van der Waals surface area (Å²) in [6, 6.07) is 1.70. The van der Waals surface area contributed by atoms with Crippen molar-refractivity contribution in [1.29, 1.82) is 0 Å². The zero-order valence-corrected chi connectivity index (χ0v) is 11.5. The van der Waals surface area contributed by atoms with Crippen LogP contribution in [0.5, 0.6) is 0 Å². The topological polar surface area (TPSA) is 24.9 Å². The molecule has 0 aliphatic heterocycles. The molecule has 2 nitrogen and oxygen atoms in total. The number of aromatic nitrogens is 1. The Morgan fingerprint density at radius 3 is 2.31 bits per heavy atom. The molecule has 16 heavy (non-hydrogen) atoms. The van der Waals surface area contributed by atoms with Gasteiger partial charge in [0.1, 0.15) is 0 Å². The van der Waals surface area contributed by atoms with Gasteiger partial charge in [0, 0.05) is 16.7 Å². The molecule has 2 rings (SSSR count). The summed E-state index contributed by atoms with van der Waals surface area (Å²) in [6.45, 7) is 8.73. The fraction of sp³-hybridized carbons (Fsp3) is 0.583. The van der Waals surface area contributed by atoms with Crippen LogP contribution in [0.2, 0.25) is 0 Å². The van der Waals surface area contributed by atoms with Crippen LogP contribution in [0.4, 0.5) is 10.2 Å². The summed E-state index contributed by atoms with van der Waals surface area (Å²) in [5.74, 6) is 0.0275. The van der Waals surface area contributed by atoms with Crippen LogP contribution in [-0.4, -0.2) is 11.0 Å².